The molecule has 11 heteroatoms. The summed E-state index contributed by atoms with van der Waals surface area (Å²) in [7, 11) is 0. The lowest BCUT2D eigenvalue weighted by molar-refractivity contribution is -0.119. The Morgan fingerprint density at radius 1 is 1.23 bits per heavy atom. The van der Waals surface area contributed by atoms with Crippen molar-refractivity contribution in [1.29, 1.82) is 0 Å². The second kappa shape index (κ2) is 9.51. The number of primary amides is 1. The minimum atomic E-state index is -1.01. The fourth-order valence-corrected chi connectivity index (χ4v) is 3.84. The molecular formula is C20H15Cl2FN4O3S. The van der Waals surface area contributed by atoms with E-state index in [4.69, 9.17) is 28.9 Å². The average Bonchev–Trinajstić information content (AvgIpc) is 2.99. The maximum atomic E-state index is 14.5. The fraction of sp³-hybridized carbons (Fsp3) is 0.100. The van der Waals surface area contributed by atoms with Crippen LogP contribution in [0.15, 0.2) is 53.2 Å². The number of hydrogen-bond donors (Lipinski definition) is 2. The largest absolute Gasteiger partial charge is 0.351 e. The Balaban J connectivity index is 2.00. The van der Waals surface area contributed by atoms with Crippen molar-refractivity contribution in [3.8, 4) is 0 Å². The minimum Gasteiger partial charge on any atom is -0.351 e. The number of carbonyl (C=O) groups excluding carboxylic acids is 3. The van der Waals surface area contributed by atoms with Crippen LogP contribution in [0.25, 0.3) is 6.08 Å². The number of urea groups is 1. The average molecular weight is 481 g/mol. The monoisotopic (exact) mass is 480 g/mol. The van der Waals surface area contributed by atoms with Gasteiger partial charge in [-0.05, 0) is 42.8 Å². The Kier molecular flexibility index (Phi) is 6.99. The molecule has 2 aromatic carbocycles. The number of para-hydroxylation sites is 1. The number of nitrogens with two attached hydrogens (primary N) is 1. The molecule has 3 N–H and O–H groups in total. The molecule has 0 aliphatic carbocycles. The van der Waals surface area contributed by atoms with Crippen LogP contribution >= 0.6 is 35.0 Å². The number of anilines is 1. The zero-order valence-electron chi connectivity index (χ0n) is 15.9. The van der Waals surface area contributed by atoms with Crippen molar-refractivity contribution in [3.63, 3.8) is 0 Å². The number of amidine groups is 1. The van der Waals surface area contributed by atoms with Gasteiger partial charge in [-0.2, -0.15) is 0 Å². The van der Waals surface area contributed by atoms with Crippen LogP contribution in [0.5, 0.6) is 0 Å². The van der Waals surface area contributed by atoms with E-state index in [1.165, 1.54) is 31.2 Å². The van der Waals surface area contributed by atoms with Gasteiger partial charge in [-0.1, -0.05) is 53.2 Å². The molecule has 1 unspecified atom stereocenters. The Labute approximate surface area is 191 Å². The zero-order valence-corrected chi connectivity index (χ0v) is 18.3. The van der Waals surface area contributed by atoms with E-state index in [1.54, 1.807) is 24.3 Å². The van der Waals surface area contributed by atoms with Gasteiger partial charge in [-0.3, -0.25) is 19.8 Å². The summed E-state index contributed by atoms with van der Waals surface area (Å²) in [5, 5.41) is 1.82. The van der Waals surface area contributed by atoms with Crippen LogP contribution in [0.2, 0.25) is 10.0 Å². The molecule has 1 heterocycles. The lowest BCUT2D eigenvalue weighted by Gasteiger charge is -2.20. The number of hydrogen-bond acceptors (Lipinski definition) is 5. The number of nitrogens with one attached hydrogen (secondary N) is 1. The van der Waals surface area contributed by atoms with Crippen molar-refractivity contribution in [2.45, 2.75) is 12.2 Å². The van der Waals surface area contributed by atoms with Crippen LogP contribution in [0.4, 0.5) is 14.9 Å². The topological polar surface area (TPSA) is 105 Å². The van der Waals surface area contributed by atoms with Crippen molar-refractivity contribution in [1.82, 2.24) is 5.32 Å². The van der Waals surface area contributed by atoms with E-state index in [9.17, 15) is 18.8 Å². The number of thioether (sulfide) groups is 1. The van der Waals surface area contributed by atoms with Gasteiger partial charge in [0.15, 0.2) is 5.17 Å². The van der Waals surface area contributed by atoms with Crippen LogP contribution in [-0.2, 0) is 9.59 Å². The van der Waals surface area contributed by atoms with Crippen molar-refractivity contribution < 1.29 is 18.8 Å². The summed E-state index contributed by atoms with van der Waals surface area (Å²) < 4.78 is 14.5. The number of carbonyl (C=O) groups is 3. The molecule has 2 aromatic rings. The van der Waals surface area contributed by atoms with Gasteiger partial charge in [0.05, 0.1) is 21.0 Å². The standard InChI is InChI=1S/C20H15Cl2FN4O3S/c1-10(17(28)26-19(24)30)31-20-25-15(9-11-6-7-12(21)13(22)8-11)18(29)27(20)16-5-3-2-4-14(16)23/h2-10H,1H3,(H3,24,26,28,30)/b15-9-. The molecule has 1 atom stereocenters. The summed E-state index contributed by atoms with van der Waals surface area (Å²) in [6.07, 6.45) is 1.47. The first-order valence-electron chi connectivity index (χ1n) is 8.78. The third-order valence-electron chi connectivity index (χ3n) is 4.07. The zero-order chi connectivity index (χ0) is 22.7. The summed E-state index contributed by atoms with van der Waals surface area (Å²) >= 11 is 12.8. The predicted molar refractivity (Wildman–Crippen MR) is 121 cm³/mol. The Hall–Kier alpha value is -2.88. The summed E-state index contributed by atoms with van der Waals surface area (Å²) in [4.78, 5) is 41.5. The fourth-order valence-electron chi connectivity index (χ4n) is 2.62. The van der Waals surface area contributed by atoms with Gasteiger partial charge in [0.1, 0.15) is 11.5 Å². The molecule has 0 saturated heterocycles. The first-order chi connectivity index (χ1) is 14.7. The molecular weight excluding hydrogens is 466 g/mol. The molecule has 1 aliphatic rings. The molecule has 0 spiro atoms. The third-order valence-corrected chi connectivity index (χ3v) is 5.86. The molecule has 7 nitrogen and oxygen atoms in total. The Bertz CT molecular complexity index is 1140. The minimum absolute atomic E-state index is 0.00616. The molecule has 0 aromatic heterocycles. The van der Waals surface area contributed by atoms with Gasteiger partial charge in [0, 0.05) is 0 Å². The highest BCUT2D eigenvalue weighted by Crippen LogP contribution is 2.33. The number of nitrogens with zero attached hydrogens (tertiary/aromatic N) is 2. The van der Waals surface area contributed by atoms with Crippen molar-refractivity contribution >= 4 is 69.7 Å². The maximum absolute atomic E-state index is 14.5. The van der Waals surface area contributed by atoms with E-state index in [-0.39, 0.29) is 16.6 Å². The van der Waals surface area contributed by atoms with E-state index in [0.29, 0.717) is 15.6 Å². The first-order valence-corrected chi connectivity index (χ1v) is 10.4. The van der Waals surface area contributed by atoms with E-state index in [2.05, 4.69) is 4.99 Å². The number of benzene rings is 2. The lowest BCUT2D eigenvalue weighted by atomic mass is 10.2. The van der Waals surface area contributed by atoms with Gasteiger partial charge in [-0.25, -0.2) is 14.2 Å². The SMILES string of the molecule is CC(SC1=N/C(=C\c2ccc(Cl)c(Cl)c2)C(=O)N1c1ccccc1F)C(=O)NC(N)=O. The molecule has 0 saturated carbocycles. The van der Waals surface area contributed by atoms with Crippen LogP contribution in [0.1, 0.15) is 12.5 Å². The van der Waals surface area contributed by atoms with Gasteiger partial charge < -0.3 is 5.73 Å². The van der Waals surface area contributed by atoms with Gasteiger partial charge in [0.25, 0.3) is 5.91 Å². The van der Waals surface area contributed by atoms with Gasteiger partial charge in [0.2, 0.25) is 5.91 Å². The van der Waals surface area contributed by atoms with E-state index in [0.717, 1.165) is 16.7 Å². The molecule has 4 amide bonds. The summed E-state index contributed by atoms with van der Waals surface area (Å²) in [6.45, 7) is 1.50. The van der Waals surface area contributed by atoms with Gasteiger partial charge >= 0.3 is 6.03 Å². The van der Waals surface area contributed by atoms with Crippen molar-refractivity contribution in [3.05, 3.63) is 69.6 Å². The van der Waals surface area contributed by atoms with Crippen LogP contribution in [0, 0.1) is 5.82 Å². The number of amides is 4. The summed E-state index contributed by atoms with van der Waals surface area (Å²) in [6, 6.07) is 9.44. The molecule has 160 valence electrons. The molecule has 1 aliphatic heterocycles. The first kappa shape index (κ1) is 22.8. The quantitative estimate of drug-likeness (QED) is 0.639. The van der Waals surface area contributed by atoms with Gasteiger partial charge in [-0.15, -0.1) is 0 Å². The van der Waals surface area contributed by atoms with Crippen LogP contribution in [-0.4, -0.2) is 28.3 Å². The maximum Gasteiger partial charge on any atom is 0.318 e. The summed E-state index contributed by atoms with van der Waals surface area (Å²) in [5.74, 6) is -1.92. The number of imide groups is 1. The van der Waals surface area contributed by atoms with E-state index in [1.807, 2.05) is 5.32 Å². The molecule has 3 rings (SSSR count). The molecule has 0 fully saturated rings. The van der Waals surface area contributed by atoms with Crippen LogP contribution in [0.3, 0.4) is 0 Å². The molecule has 0 radical (unpaired) electrons. The Morgan fingerprint density at radius 3 is 2.58 bits per heavy atom. The third kappa shape index (κ3) is 5.25. The van der Waals surface area contributed by atoms with E-state index < -0.39 is 28.9 Å². The van der Waals surface area contributed by atoms with Crippen molar-refractivity contribution in [2.24, 2.45) is 10.7 Å². The molecule has 0 bridgehead atoms. The van der Waals surface area contributed by atoms with E-state index >= 15 is 0 Å². The van der Waals surface area contributed by atoms with Crippen molar-refractivity contribution in [2.75, 3.05) is 4.90 Å². The lowest BCUT2D eigenvalue weighted by Crippen LogP contribution is -2.41. The number of halogens is 3. The smallest absolute Gasteiger partial charge is 0.318 e. The highest BCUT2D eigenvalue weighted by Gasteiger charge is 2.35. The highest BCUT2D eigenvalue weighted by molar-refractivity contribution is 8.15. The van der Waals surface area contributed by atoms with Crippen LogP contribution < -0.4 is 16.0 Å². The second-order valence-corrected chi connectivity index (χ2v) is 8.43. The Morgan fingerprint density at radius 2 is 1.94 bits per heavy atom. The second-order valence-electron chi connectivity index (χ2n) is 6.30. The number of aliphatic imine (C=N–C) groups is 1. The molecule has 31 heavy (non-hydrogen) atoms. The predicted octanol–water partition coefficient (Wildman–Crippen LogP) is 4.19. The normalized spacial score (nSPS) is 15.7. The number of rotatable bonds is 4. The highest BCUT2D eigenvalue weighted by atomic mass is 35.5. The summed E-state index contributed by atoms with van der Waals surface area (Å²) in [5.41, 5.74) is 5.51.